The first-order valence-electron chi connectivity index (χ1n) is 8.16. The molecule has 0 heterocycles. The van der Waals surface area contributed by atoms with Crippen LogP contribution >= 0.6 is 0 Å². The number of phenols is 2. The number of hydrogen-bond donors (Lipinski definition) is 2. The van der Waals surface area contributed by atoms with Gasteiger partial charge in [-0.3, -0.25) is 0 Å². The summed E-state index contributed by atoms with van der Waals surface area (Å²) in [4.78, 5) is 0. The molecular formula is C22H18O3. The minimum atomic E-state index is 0.120. The van der Waals surface area contributed by atoms with Gasteiger partial charge in [-0.05, 0) is 60.0 Å². The van der Waals surface area contributed by atoms with Crippen molar-refractivity contribution in [2.75, 3.05) is 0 Å². The molecule has 0 aliphatic rings. The van der Waals surface area contributed by atoms with E-state index < -0.39 is 0 Å². The van der Waals surface area contributed by atoms with Crippen molar-refractivity contribution in [3.63, 3.8) is 0 Å². The van der Waals surface area contributed by atoms with E-state index in [0.717, 1.165) is 32.7 Å². The summed E-state index contributed by atoms with van der Waals surface area (Å²) in [6.07, 6.45) is 0. The molecule has 4 aromatic carbocycles. The third kappa shape index (κ3) is 2.54. The van der Waals surface area contributed by atoms with Gasteiger partial charge in [0.2, 0.25) is 0 Å². The van der Waals surface area contributed by atoms with Crippen LogP contribution in [0.5, 0.6) is 23.0 Å². The lowest BCUT2D eigenvalue weighted by Crippen LogP contribution is -1.89. The van der Waals surface area contributed by atoms with E-state index in [1.54, 1.807) is 12.1 Å². The second kappa shape index (κ2) is 5.71. The van der Waals surface area contributed by atoms with Crippen LogP contribution in [0.4, 0.5) is 0 Å². The zero-order chi connectivity index (χ0) is 17.6. The second-order valence-electron chi connectivity index (χ2n) is 6.30. The normalized spacial score (nSPS) is 11.1. The van der Waals surface area contributed by atoms with E-state index >= 15 is 0 Å². The molecule has 4 aromatic rings. The fourth-order valence-corrected chi connectivity index (χ4v) is 3.24. The van der Waals surface area contributed by atoms with Crippen LogP contribution in [0.2, 0.25) is 0 Å². The number of benzene rings is 4. The van der Waals surface area contributed by atoms with Crippen LogP contribution in [0.1, 0.15) is 11.1 Å². The summed E-state index contributed by atoms with van der Waals surface area (Å²) in [7, 11) is 0. The summed E-state index contributed by atoms with van der Waals surface area (Å²) in [5, 5.41) is 24.2. The van der Waals surface area contributed by atoms with E-state index in [1.165, 1.54) is 0 Å². The van der Waals surface area contributed by atoms with Crippen LogP contribution in [0, 0.1) is 13.8 Å². The maximum atomic E-state index is 10.6. The standard InChI is InChI=1S/C22H18O3/c1-13-7-10-20(23)19-12-15(8-9-17(13)19)25-21-11-14(2)16-5-3-4-6-18(16)22(21)24/h3-12,23-24H,1-2H3. The summed E-state index contributed by atoms with van der Waals surface area (Å²) in [5.74, 6) is 1.31. The number of rotatable bonds is 2. The Labute approximate surface area is 145 Å². The minimum absolute atomic E-state index is 0.120. The Balaban J connectivity index is 1.83. The highest BCUT2D eigenvalue weighted by molar-refractivity contribution is 5.94. The predicted molar refractivity (Wildman–Crippen MR) is 101 cm³/mol. The molecule has 0 bridgehead atoms. The van der Waals surface area contributed by atoms with Crippen LogP contribution in [0.25, 0.3) is 21.5 Å². The first kappa shape index (κ1) is 15.3. The van der Waals surface area contributed by atoms with E-state index in [0.29, 0.717) is 11.5 Å². The molecule has 0 saturated heterocycles. The smallest absolute Gasteiger partial charge is 0.169 e. The van der Waals surface area contributed by atoms with Gasteiger partial charge in [0.15, 0.2) is 11.5 Å². The van der Waals surface area contributed by atoms with Gasteiger partial charge in [0.1, 0.15) is 11.5 Å². The zero-order valence-electron chi connectivity index (χ0n) is 14.1. The van der Waals surface area contributed by atoms with Gasteiger partial charge < -0.3 is 14.9 Å². The Kier molecular flexibility index (Phi) is 3.50. The molecule has 0 saturated carbocycles. The molecule has 0 amide bonds. The summed E-state index contributed by atoms with van der Waals surface area (Å²) in [6.45, 7) is 3.99. The fourth-order valence-electron chi connectivity index (χ4n) is 3.24. The molecule has 0 atom stereocenters. The highest BCUT2D eigenvalue weighted by Crippen LogP contribution is 2.40. The molecule has 0 aliphatic carbocycles. The summed E-state index contributed by atoms with van der Waals surface area (Å²) in [6, 6.07) is 18.6. The number of aromatic hydroxyl groups is 2. The molecule has 0 aliphatic heterocycles. The van der Waals surface area contributed by atoms with Crippen molar-refractivity contribution in [2.45, 2.75) is 13.8 Å². The van der Waals surface area contributed by atoms with E-state index in [4.69, 9.17) is 4.74 Å². The zero-order valence-corrected chi connectivity index (χ0v) is 14.1. The van der Waals surface area contributed by atoms with Gasteiger partial charge in [-0.25, -0.2) is 0 Å². The van der Waals surface area contributed by atoms with Gasteiger partial charge in [-0.1, -0.05) is 36.4 Å². The number of fused-ring (bicyclic) bond motifs is 2. The van der Waals surface area contributed by atoms with Crippen molar-refractivity contribution < 1.29 is 14.9 Å². The maximum Gasteiger partial charge on any atom is 0.169 e. The molecule has 0 unspecified atom stereocenters. The van der Waals surface area contributed by atoms with Crippen molar-refractivity contribution >= 4 is 21.5 Å². The Morgan fingerprint density at radius 1 is 0.680 bits per heavy atom. The minimum Gasteiger partial charge on any atom is -0.507 e. The van der Waals surface area contributed by atoms with Crippen molar-refractivity contribution in [1.82, 2.24) is 0 Å². The third-order valence-electron chi connectivity index (χ3n) is 4.60. The highest BCUT2D eigenvalue weighted by atomic mass is 16.5. The monoisotopic (exact) mass is 330 g/mol. The van der Waals surface area contributed by atoms with Crippen LogP contribution in [0.15, 0.2) is 60.7 Å². The summed E-state index contributed by atoms with van der Waals surface area (Å²) >= 11 is 0. The molecule has 0 aromatic heterocycles. The number of ether oxygens (including phenoxy) is 1. The average Bonchev–Trinajstić information content (AvgIpc) is 2.63. The molecular weight excluding hydrogens is 312 g/mol. The van der Waals surface area contributed by atoms with E-state index in [2.05, 4.69) is 0 Å². The quantitative estimate of drug-likeness (QED) is 0.487. The fraction of sp³-hybridized carbons (Fsp3) is 0.0909. The molecule has 3 heteroatoms. The summed E-state index contributed by atoms with van der Waals surface area (Å²) in [5.41, 5.74) is 2.12. The molecule has 4 rings (SSSR count). The molecule has 2 N–H and O–H groups in total. The second-order valence-corrected chi connectivity index (χ2v) is 6.30. The maximum absolute atomic E-state index is 10.6. The lowest BCUT2D eigenvalue weighted by Gasteiger charge is -2.13. The van der Waals surface area contributed by atoms with E-state index in [9.17, 15) is 10.2 Å². The largest absolute Gasteiger partial charge is 0.507 e. The van der Waals surface area contributed by atoms with Crippen molar-refractivity contribution in [1.29, 1.82) is 0 Å². The van der Waals surface area contributed by atoms with Crippen LogP contribution in [-0.4, -0.2) is 10.2 Å². The molecule has 124 valence electrons. The predicted octanol–water partition coefficient (Wildman–Crippen LogP) is 5.81. The number of phenolic OH excluding ortho intramolecular Hbond substituents is 2. The molecule has 0 spiro atoms. The molecule has 25 heavy (non-hydrogen) atoms. The van der Waals surface area contributed by atoms with Crippen LogP contribution in [-0.2, 0) is 0 Å². The van der Waals surface area contributed by atoms with Gasteiger partial charge in [0, 0.05) is 10.8 Å². The van der Waals surface area contributed by atoms with E-state index in [1.807, 2.05) is 62.4 Å². The van der Waals surface area contributed by atoms with Crippen molar-refractivity contribution in [3.8, 4) is 23.0 Å². The van der Waals surface area contributed by atoms with E-state index in [-0.39, 0.29) is 11.5 Å². The Morgan fingerprint density at radius 2 is 1.40 bits per heavy atom. The summed E-state index contributed by atoms with van der Waals surface area (Å²) < 4.78 is 5.94. The molecule has 0 fully saturated rings. The van der Waals surface area contributed by atoms with Gasteiger partial charge in [0.25, 0.3) is 0 Å². The Hall–Kier alpha value is -3.20. The van der Waals surface area contributed by atoms with Gasteiger partial charge >= 0.3 is 0 Å². The highest BCUT2D eigenvalue weighted by Gasteiger charge is 2.12. The van der Waals surface area contributed by atoms with Crippen LogP contribution < -0.4 is 4.74 Å². The van der Waals surface area contributed by atoms with Crippen LogP contribution in [0.3, 0.4) is 0 Å². The van der Waals surface area contributed by atoms with Crippen molar-refractivity contribution in [2.24, 2.45) is 0 Å². The lowest BCUT2D eigenvalue weighted by molar-refractivity contribution is 0.415. The Bertz CT molecular complexity index is 1110. The number of hydrogen-bond acceptors (Lipinski definition) is 3. The first-order chi connectivity index (χ1) is 12.0. The van der Waals surface area contributed by atoms with Gasteiger partial charge in [0.05, 0.1) is 0 Å². The molecule has 3 nitrogen and oxygen atoms in total. The lowest BCUT2D eigenvalue weighted by atomic mass is 10.0. The Morgan fingerprint density at radius 3 is 2.20 bits per heavy atom. The first-order valence-corrected chi connectivity index (χ1v) is 8.16. The average molecular weight is 330 g/mol. The van der Waals surface area contributed by atoms with Gasteiger partial charge in [-0.2, -0.15) is 0 Å². The third-order valence-corrected chi connectivity index (χ3v) is 4.60. The number of aryl methyl sites for hydroxylation is 2. The van der Waals surface area contributed by atoms with Gasteiger partial charge in [-0.15, -0.1) is 0 Å². The SMILES string of the molecule is Cc1ccc(O)c2cc(Oc3cc(C)c4ccccc4c3O)ccc12. The van der Waals surface area contributed by atoms with Crippen molar-refractivity contribution in [3.05, 3.63) is 71.8 Å². The molecule has 0 radical (unpaired) electrons. The topological polar surface area (TPSA) is 49.7 Å².